The molecule has 2 rings (SSSR count). The van der Waals surface area contributed by atoms with Gasteiger partial charge in [0, 0.05) is 15.6 Å². The molecule has 2 aromatic rings. The second-order valence-corrected chi connectivity index (χ2v) is 5.69. The fourth-order valence-electron chi connectivity index (χ4n) is 1.59. The molecular weight excluding hydrogens is 306 g/mol. The molecule has 6 heteroatoms. The number of amides is 2. The van der Waals surface area contributed by atoms with Crippen LogP contribution in [0.2, 0.25) is 5.02 Å². The van der Waals surface area contributed by atoms with Crippen molar-refractivity contribution < 1.29 is 4.79 Å². The number of nitrogens with one attached hydrogen (secondary N) is 2. The number of nitrogens with two attached hydrogens (primary N) is 1. The van der Waals surface area contributed by atoms with Crippen molar-refractivity contribution in [3.05, 3.63) is 51.2 Å². The normalized spacial score (nSPS) is 9.62. The first-order valence-electron chi connectivity index (χ1n) is 6.25. The second-order valence-electron chi connectivity index (χ2n) is 4.09. The third-order valence-corrected chi connectivity index (χ3v) is 3.72. The lowest BCUT2D eigenvalue weighted by molar-refractivity contribution is 0.252. The van der Waals surface area contributed by atoms with Gasteiger partial charge in [-0.3, -0.25) is 0 Å². The number of carbonyl (C=O) groups is 1. The summed E-state index contributed by atoms with van der Waals surface area (Å²) in [6.07, 6.45) is 0. The number of urea groups is 1. The molecule has 1 aromatic heterocycles. The standard InChI is InChI=1S/C15H14ClN3OS/c16-11-3-1-4-12(9-11)19-15(20)18-10-14-7-6-13(21-14)5-2-8-17/h1,3-4,6-7,9H,8,10,17H2,(H2,18,19,20). The largest absolute Gasteiger partial charge is 0.333 e. The van der Waals surface area contributed by atoms with Crippen molar-refractivity contribution >= 4 is 34.7 Å². The lowest BCUT2D eigenvalue weighted by Crippen LogP contribution is -2.27. The molecule has 1 aromatic carbocycles. The van der Waals surface area contributed by atoms with Crippen LogP contribution in [0.25, 0.3) is 0 Å². The van der Waals surface area contributed by atoms with Crippen LogP contribution in [-0.4, -0.2) is 12.6 Å². The number of hydrogen-bond donors (Lipinski definition) is 3. The summed E-state index contributed by atoms with van der Waals surface area (Å²) in [6, 6.07) is 10.6. The van der Waals surface area contributed by atoms with Crippen LogP contribution in [-0.2, 0) is 6.54 Å². The van der Waals surface area contributed by atoms with Crippen LogP contribution in [0.5, 0.6) is 0 Å². The molecule has 21 heavy (non-hydrogen) atoms. The van der Waals surface area contributed by atoms with Crippen molar-refractivity contribution in [1.29, 1.82) is 0 Å². The molecule has 0 unspecified atom stereocenters. The highest BCUT2D eigenvalue weighted by atomic mass is 35.5. The van der Waals surface area contributed by atoms with Gasteiger partial charge in [0.2, 0.25) is 0 Å². The monoisotopic (exact) mass is 319 g/mol. The fraction of sp³-hybridized carbons (Fsp3) is 0.133. The fourth-order valence-corrected chi connectivity index (χ4v) is 2.60. The molecule has 0 saturated heterocycles. The Morgan fingerprint density at radius 3 is 2.95 bits per heavy atom. The van der Waals surface area contributed by atoms with Gasteiger partial charge in [0.25, 0.3) is 0 Å². The molecule has 0 radical (unpaired) electrons. The van der Waals surface area contributed by atoms with Gasteiger partial charge in [-0.25, -0.2) is 4.79 Å². The van der Waals surface area contributed by atoms with Crippen LogP contribution in [0.15, 0.2) is 36.4 Å². The van der Waals surface area contributed by atoms with Crippen LogP contribution in [0.1, 0.15) is 9.75 Å². The van der Waals surface area contributed by atoms with E-state index in [1.54, 1.807) is 24.3 Å². The maximum atomic E-state index is 11.8. The average molecular weight is 320 g/mol. The van der Waals surface area contributed by atoms with E-state index in [4.69, 9.17) is 17.3 Å². The van der Waals surface area contributed by atoms with E-state index in [-0.39, 0.29) is 6.03 Å². The Hall–Kier alpha value is -2.00. The number of halogens is 1. The van der Waals surface area contributed by atoms with Crippen molar-refractivity contribution in [2.45, 2.75) is 6.54 Å². The highest BCUT2D eigenvalue weighted by Gasteiger charge is 2.03. The van der Waals surface area contributed by atoms with Gasteiger partial charge in [-0.05, 0) is 30.3 Å². The Morgan fingerprint density at radius 1 is 1.33 bits per heavy atom. The Bertz CT molecular complexity index is 687. The zero-order chi connectivity index (χ0) is 15.1. The predicted octanol–water partition coefficient (Wildman–Crippen LogP) is 3.03. The summed E-state index contributed by atoms with van der Waals surface area (Å²) in [6.45, 7) is 0.787. The summed E-state index contributed by atoms with van der Waals surface area (Å²) < 4.78 is 0. The number of anilines is 1. The van der Waals surface area contributed by atoms with Gasteiger partial charge in [0.1, 0.15) is 0 Å². The van der Waals surface area contributed by atoms with Crippen LogP contribution >= 0.6 is 22.9 Å². The quantitative estimate of drug-likeness (QED) is 0.761. The van der Waals surface area contributed by atoms with E-state index in [9.17, 15) is 4.79 Å². The Labute approximate surface area is 132 Å². The topological polar surface area (TPSA) is 67.1 Å². The molecule has 4 nitrogen and oxygen atoms in total. The molecule has 0 saturated carbocycles. The van der Waals surface area contributed by atoms with Gasteiger partial charge in [-0.2, -0.15) is 0 Å². The van der Waals surface area contributed by atoms with E-state index in [2.05, 4.69) is 22.5 Å². The summed E-state index contributed by atoms with van der Waals surface area (Å²) in [5, 5.41) is 6.08. The minimum Gasteiger partial charge on any atom is -0.333 e. The first-order chi connectivity index (χ1) is 10.2. The molecule has 108 valence electrons. The molecule has 1 heterocycles. The molecule has 4 N–H and O–H groups in total. The Balaban J connectivity index is 1.85. The van der Waals surface area contributed by atoms with Crippen LogP contribution in [0.4, 0.5) is 10.5 Å². The summed E-state index contributed by atoms with van der Waals surface area (Å²) in [7, 11) is 0. The minimum atomic E-state index is -0.278. The van der Waals surface area contributed by atoms with E-state index in [1.165, 1.54) is 11.3 Å². The van der Waals surface area contributed by atoms with Crippen molar-refractivity contribution in [3.8, 4) is 11.8 Å². The zero-order valence-electron chi connectivity index (χ0n) is 11.2. The van der Waals surface area contributed by atoms with Gasteiger partial charge in [0.15, 0.2) is 0 Å². The summed E-state index contributed by atoms with van der Waals surface area (Å²) in [5.74, 6) is 5.76. The van der Waals surface area contributed by atoms with Crippen molar-refractivity contribution in [3.63, 3.8) is 0 Å². The third kappa shape index (κ3) is 5.12. The molecule has 0 atom stereocenters. The Kier molecular flexibility index (Phi) is 5.64. The number of carbonyl (C=O) groups excluding carboxylic acids is 1. The summed E-state index contributed by atoms with van der Waals surface area (Å²) >= 11 is 7.38. The second kappa shape index (κ2) is 7.70. The van der Waals surface area contributed by atoms with Crippen LogP contribution in [0.3, 0.4) is 0 Å². The molecular formula is C15H14ClN3OS. The van der Waals surface area contributed by atoms with Crippen molar-refractivity contribution in [2.24, 2.45) is 5.73 Å². The molecule has 0 aliphatic carbocycles. The zero-order valence-corrected chi connectivity index (χ0v) is 12.7. The van der Waals surface area contributed by atoms with Crippen LogP contribution < -0.4 is 16.4 Å². The lowest BCUT2D eigenvalue weighted by atomic mass is 10.3. The smallest absolute Gasteiger partial charge is 0.319 e. The lowest BCUT2D eigenvalue weighted by Gasteiger charge is -2.06. The number of benzene rings is 1. The van der Waals surface area contributed by atoms with Crippen molar-refractivity contribution in [2.75, 3.05) is 11.9 Å². The third-order valence-electron chi connectivity index (χ3n) is 2.48. The predicted molar refractivity (Wildman–Crippen MR) is 87.6 cm³/mol. The average Bonchev–Trinajstić information content (AvgIpc) is 2.91. The maximum absolute atomic E-state index is 11.8. The summed E-state index contributed by atoms with van der Waals surface area (Å²) in [4.78, 5) is 13.7. The highest BCUT2D eigenvalue weighted by molar-refractivity contribution is 7.12. The molecule has 0 spiro atoms. The van der Waals surface area contributed by atoms with Gasteiger partial charge in [-0.15, -0.1) is 11.3 Å². The molecule has 0 bridgehead atoms. The van der Waals surface area contributed by atoms with Crippen LogP contribution in [0, 0.1) is 11.8 Å². The van der Waals surface area contributed by atoms with E-state index in [0.717, 1.165) is 9.75 Å². The SMILES string of the molecule is NCC#Cc1ccc(CNC(=O)Nc2cccc(Cl)c2)s1. The van der Waals surface area contributed by atoms with E-state index >= 15 is 0 Å². The van der Waals surface area contributed by atoms with E-state index in [0.29, 0.717) is 23.8 Å². The molecule has 2 amide bonds. The first kappa shape index (κ1) is 15.4. The van der Waals surface area contributed by atoms with E-state index < -0.39 is 0 Å². The number of thiophene rings is 1. The molecule has 0 aliphatic heterocycles. The molecule has 0 aliphatic rings. The van der Waals surface area contributed by atoms with Gasteiger partial charge < -0.3 is 16.4 Å². The maximum Gasteiger partial charge on any atom is 0.319 e. The Morgan fingerprint density at radius 2 is 2.19 bits per heavy atom. The number of hydrogen-bond acceptors (Lipinski definition) is 3. The summed E-state index contributed by atoms with van der Waals surface area (Å²) in [5.41, 5.74) is 5.98. The van der Waals surface area contributed by atoms with Crippen molar-refractivity contribution in [1.82, 2.24) is 5.32 Å². The van der Waals surface area contributed by atoms with E-state index in [1.807, 2.05) is 12.1 Å². The highest BCUT2D eigenvalue weighted by Crippen LogP contribution is 2.16. The van der Waals surface area contributed by atoms with Gasteiger partial charge in [-0.1, -0.05) is 29.5 Å². The minimum absolute atomic E-state index is 0.278. The first-order valence-corrected chi connectivity index (χ1v) is 7.45. The molecule has 0 fully saturated rings. The van der Waals surface area contributed by atoms with Gasteiger partial charge >= 0.3 is 6.03 Å². The number of rotatable bonds is 3. The van der Waals surface area contributed by atoms with Gasteiger partial charge in [0.05, 0.1) is 18.0 Å².